The molecule has 2 N–H and O–H groups in total. The fraction of sp³-hybridized carbons (Fsp3) is 0.478. The predicted octanol–water partition coefficient (Wildman–Crippen LogP) is 5.98. The van der Waals surface area contributed by atoms with Crippen LogP contribution in [0.3, 0.4) is 0 Å². The Hall–Kier alpha value is -2.36. The zero-order valence-corrected chi connectivity index (χ0v) is 17.5. The van der Waals surface area contributed by atoms with Crippen LogP contribution in [0.15, 0.2) is 24.3 Å². The van der Waals surface area contributed by atoms with Gasteiger partial charge in [-0.25, -0.2) is 0 Å². The van der Waals surface area contributed by atoms with E-state index in [1.807, 2.05) is 32.9 Å². The van der Waals surface area contributed by atoms with Crippen LogP contribution >= 0.6 is 0 Å². The summed E-state index contributed by atoms with van der Waals surface area (Å²) in [5, 5.41) is 22.0. The lowest BCUT2D eigenvalue weighted by molar-refractivity contribution is 0.405. The molecule has 0 aliphatic rings. The smallest absolute Gasteiger partial charge is 0.127 e. The van der Waals surface area contributed by atoms with E-state index in [9.17, 15) is 10.2 Å². The standard InChI is InChI=1S/C23H32O4/c1-8-9-14(2)17-10-15(26-6)11-18(21(17)24)19-12-16(27-7)13-20(22(19)25)23(3,4)5/h10-14,24-25H,8-9H2,1-7H3. The highest BCUT2D eigenvalue weighted by atomic mass is 16.5. The average Bonchev–Trinajstić information content (AvgIpc) is 2.61. The third kappa shape index (κ3) is 4.32. The third-order valence-corrected chi connectivity index (χ3v) is 5.02. The summed E-state index contributed by atoms with van der Waals surface area (Å²) >= 11 is 0. The Kier molecular flexibility index (Phi) is 6.30. The number of phenols is 2. The summed E-state index contributed by atoms with van der Waals surface area (Å²) < 4.78 is 10.9. The fourth-order valence-electron chi connectivity index (χ4n) is 3.42. The highest BCUT2D eigenvalue weighted by molar-refractivity contribution is 5.81. The second-order valence-electron chi connectivity index (χ2n) is 8.12. The van der Waals surface area contributed by atoms with Gasteiger partial charge < -0.3 is 19.7 Å². The maximum Gasteiger partial charge on any atom is 0.127 e. The van der Waals surface area contributed by atoms with Crippen molar-refractivity contribution in [2.24, 2.45) is 0 Å². The highest BCUT2D eigenvalue weighted by Gasteiger charge is 2.25. The maximum absolute atomic E-state index is 11.0. The number of ether oxygens (including phenoxy) is 2. The summed E-state index contributed by atoms with van der Waals surface area (Å²) in [4.78, 5) is 0. The minimum Gasteiger partial charge on any atom is -0.507 e. The Bertz CT molecular complexity index is 803. The van der Waals surface area contributed by atoms with Crippen LogP contribution in [0.2, 0.25) is 0 Å². The van der Waals surface area contributed by atoms with Crippen molar-refractivity contribution in [3.05, 3.63) is 35.4 Å². The maximum atomic E-state index is 11.0. The molecule has 27 heavy (non-hydrogen) atoms. The van der Waals surface area contributed by atoms with Crippen molar-refractivity contribution in [1.82, 2.24) is 0 Å². The lowest BCUT2D eigenvalue weighted by Gasteiger charge is -2.24. The summed E-state index contributed by atoms with van der Waals surface area (Å²) in [6.45, 7) is 10.3. The summed E-state index contributed by atoms with van der Waals surface area (Å²) in [5.41, 5.74) is 2.41. The van der Waals surface area contributed by atoms with Crippen LogP contribution in [0, 0.1) is 0 Å². The van der Waals surface area contributed by atoms with E-state index in [0.717, 1.165) is 24.0 Å². The van der Waals surface area contributed by atoms with Gasteiger partial charge in [-0.15, -0.1) is 0 Å². The molecule has 0 aromatic heterocycles. The summed E-state index contributed by atoms with van der Waals surface area (Å²) in [6, 6.07) is 7.24. The van der Waals surface area contributed by atoms with Crippen molar-refractivity contribution in [1.29, 1.82) is 0 Å². The van der Waals surface area contributed by atoms with Gasteiger partial charge in [0.2, 0.25) is 0 Å². The van der Waals surface area contributed by atoms with Crippen molar-refractivity contribution in [2.45, 2.75) is 58.8 Å². The molecule has 0 fully saturated rings. The molecule has 2 aromatic carbocycles. The molecule has 0 bridgehead atoms. The fourth-order valence-corrected chi connectivity index (χ4v) is 3.42. The van der Waals surface area contributed by atoms with Crippen molar-refractivity contribution >= 4 is 0 Å². The summed E-state index contributed by atoms with van der Waals surface area (Å²) in [5.74, 6) is 1.80. The van der Waals surface area contributed by atoms with Gasteiger partial charge in [-0.1, -0.05) is 41.0 Å². The van der Waals surface area contributed by atoms with E-state index in [4.69, 9.17) is 9.47 Å². The van der Waals surface area contributed by atoms with Crippen molar-refractivity contribution in [3.63, 3.8) is 0 Å². The monoisotopic (exact) mass is 372 g/mol. The Morgan fingerprint density at radius 1 is 0.889 bits per heavy atom. The first-order chi connectivity index (χ1) is 12.6. The lowest BCUT2D eigenvalue weighted by atomic mass is 9.83. The van der Waals surface area contributed by atoms with Crippen LogP contribution in [0.5, 0.6) is 23.0 Å². The van der Waals surface area contributed by atoms with Crippen molar-refractivity contribution < 1.29 is 19.7 Å². The molecule has 0 amide bonds. The SMILES string of the molecule is CCCC(C)c1cc(OC)cc(-c2cc(OC)cc(C(C)(C)C)c2O)c1O. The van der Waals surface area contributed by atoms with Gasteiger partial charge in [0.15, 0.2) is 0 Å². The van der Waals surface area contributed by atoms with Crippen LogP contribution in [0.4, 0.5) is 0 Å². The van der Waals surface area contributed by atoms with E-state index in [2.05, 4.69) is 13.8 Å². The molecule has 4 heteroatoms. The number of phenolic OH excluding ortho intramolecular Hbond substituents is 2. The van der Waals surface area contributed by atoms with Gasteiger partial charge in [0.1, 0.15) is 23.0 Å². The zero-order chi connectivity index (χ0) is 20.4. The van der Waals surface area contributed by atoms with Gasteiger partial charge in [-0.3, -0.25) is 0 Å². The molecule has 2 rings (SSSR count). The molecule has 0 heterocycles. The Balaban J connectivity index is 2.79. The van der Waals surface area contributed by atoms with Gasteiger partial charge in [0, 0.05) is 22.3 Å². The topological polar surface area (TPSA) is 58.9 Å². The minimum absolute atomic E-state index is 0.154. The third-order valence-electron chi connectivity index (χ3n) is 5.02. The van der Waals surface area contributed by atoms with Crippen LogP contribution in [-0.2, 0) is 5.41 Å². The average molecular weight is 373 g/mol. The quantitative estimate of drug-likeness (QED) is 0.654. The highest BCUT2D eigenvalue weighted by Crippen LogP contribution is 2.47. The molecule has 0 aliphatic carbocycles. The first-order valence-electron chi connectivity index (χ1n) is 9.46. The second kappa shape index (κ2) is 8.12. The molecule has 0 saturated heterocycles. The van der Waals surface area contributed by atoms with Crippen molar-refractivity contribution in [3.8, 4) is 34.1 Å². The number of rotatable bonds is 6. The molecule has 148 valence electrons. The molecule has 0 saturated carbocycles. The Morgan fingerprint density at radius 3 is 1.89 bits per heavy atom. The normalized spacial score (nSPS) is 12.7. The molecule has 1 atom stereocenters. The largest absolute Gasteiger partial charge is 0.507 e. The number of benzene rings is 2. The number of aromatic hydroxyl groups is 2. The van der Waals surface area contributed by atoms with Gasteiger partial charge in [-0.2, -0.15) is 0 Å². The van der Waals surface area contributed by atoms with Gasteiger partial charge >= 0.3 is 0 Å². The van der Waals surface area contributed by atoms with Crippen LogP contribution in [-0.4, -0.2) is 24.4 Å². The second-order valence-corrected chi connectivity index (χ2v) is 8.12. The molecular weight excluding hydrogens is 340 g/mol. The van der Waals surface area contributed by atoms with Crippen LogP contribution < -0.4 is 9.47 Å². The van der Waals surface area contributed by atoms with E-state index in [1.165, 1.54) is 0 Å². The van der Waals surface area contributed by atoms with E-state index < -0.39 is 0 Å². The number of methoxy groups -OCH3 is 2. The molecule has 0 spiro atoms. The summed E-state index contributed by atoms with van der Waals surface area (Å²) in [7, 11) is 3.21. The van der Waals surface area contributed by atoms with Gasteiger partial charge in [0.25, 0.3) is 0 Å². The van der Waals surface area contributed by atoms with Crippen LogP contribution in [0.1, 0.15) is 64.5 Å². The van der Waals surface area contributed by atoms with E-state index in [-0.39, 0.29) is 22.8 Å². The molecule has 2 aromatic rings. The number of hydrogen-bond donors (Lipinski definition) is 2. The number of hydrogen-bond acceptors (Lipinski definition) is 4. The first kappa shape index (κ1) is 20.9. The van der Waals surface area contributed by atoms with E-state index >= 15 is 0 Å². The lowest BCUT2D eigenvalue weighted by Crippen LogP contribution is -2.12. The molecular formula is C23H32O4. The van der Waals surface area contributed by atoms with E-state index in [0.29, 0.717) is 22.6 Å². The predicted molar refractivity (Wildman–Crippen MR) is 110 cm³/mol. The minimum atomic E-state index is -0.278. The van der Waals surface area contributed by atoms with Crippen LogP contribution in [0.25, 0.3) is 11.1 Å². The van der Waals surface area contributed by atoms with E-state index in [1.54, 1.807) is 26.4 Å². The molecule has 1 unspecified atom stereocenters. The zero-order valence-electron chi connectivity index (χ0n) is 17.5. The van der Waals surface area contributed by atoms with Gasteiger partial charge in [-0.05, 0) is 42.0 Å². The molecule has 0 aliphatic heterocycles. The summed E-state index contributed by atoms with van der Waals surface area (Å²) in [6.07, 6.45) is 1.98. The molecule has 0 radical (unpaired) electrons. The van der Waals surface area contributed by atoms with Crippen molar-refractivity contribution in [2.75, 3.05) is 14.2 Å². The Morgan fingerprint density at radius 2 is 1.41 bits per heavy atom. The first-order valence-corrected chi connectivity index (χ1v) is 9.46. The Labute approximate surface area is 162 Å². The molecule has 4 nitrogen and oxygen atoms in total. The van der Waals surface area contributed by atoms with Gasteiger partial charge in [0.05, 0.1) is 14.2 Å².